The van der Waals surface area contributed by atoms with Crippen LogP contribution in [0.3, 0.4) is 0 Å². The smallest absolute Gasteiger partial charge is 0.174 e. The summed E-state index contributed by atoms with van der Waals surface area (Å²) in [6.07, 6.45) is 4.41. The summed E-state index contributed by atoms with van der Waals surface area (Å²) < 4.78 is 3.62. The third-order valence-electron chi connectivity index (χ3n) is 6.27. The van der Waals surface area contributed by atoms with Crippen LogP contribution in [0.4, 0.5) is 5.69 Å². The maximum Gasteiger partial charge on any atom is 0.174 e. The van der Waals surface area contributed by atoms with Gasteiger partial charge in [-0.2, -0.15) is 0 Å². The number of nitrogens with zero attached hydrogens (tertiary/aromatic N) is 3. The van der Waals surface area contributed by atoms with E-state index in [1.807, 2.05) is 18.3 Å². The van der Waals surface area contributed by atoms with Crippen LogP contribution in [-0.4, -0.2) is 14.7 Å². The summed E-state index contributed by atoms with van der Waals surface area (Å²) in [6, 6.07) is 15.6. The molecular formula is C24H25BrN4S. The Morgan fingerprint density at radius 1 is 1.10 bits per heavy atom. The number of thiocarbonyl (C=S) groups is 1. The maximum absolute atomic E-state index is 5.87. The molecule has 1 aliphatic carbocycles. The van der Waals surface area contributed by atoms with Gasteiger partial charge in [-0.25, -0.2) is 0 Å². The van der Waals surface area contributed by atoms with Crippen LogP contribution in [0.15, 0.2) is 53.1 Å². The summed E-state index contributed by atoms with van der Waals surface area (Å²) in [5.41, 5.74) is 7.30. The zero-order valence-electron chi connectivity index (χ0n) is 17.4. The third-order valence-corrected chi connectivity index (χ3v) is 7.48. The second-order valence-corrected chi connectivity index (χ2v) is 9.60. The summed E-state index contributed by atoms with van der Waals surface area (Å²) in [5, 5.41) is 4.32. The van der Waals surface area contributed by atoms with E-state index in [2.05, 4.69) is 86.8 Å². The molecule has 0 amide bonds. The van der Waals surface area contributed by atoms with E-state index in [-0.39, 0.29) is 12.1 Å². The van der Waals surface area contributed by atoms with Crippen molar-refractivity contribution < 1.29 is 0 Å². The molecule has 4 nitrogen and oxygen atoms in total. The van der Waals surface area contributed by atoms with Crippen LogP contribution >= 0.6 is 28.1 Å². The van der Waals surface area contributed by atoms with Crippen LogP contribution in [0.1, 0.15) is 59.2 Å². The van der Waals surface area contributed by atoms with Crippen molar-refractivity contribution >= 4 is 38.9 Å². The quantitative estimate of drug-likeness (QED) is 0.458. The number of aryl methyl sites for hydroxylation is 2. The average Bonchev–Trinajstić information content (AvgIpc) is 3.44. The minimum atomic E-state index is -0.00388. The molecule has 0 spiro atoms. The van der Waals surface area contributed by atoms with Gasteiger partial charge in [-0.15, -0.1) is 0 Å². The predicted octanol–water partition coefficient (Wildman–Crippen LogP) is 6.08. The number of pyridine rings is 1. The van der Waals surface area contributed by atoms with Gasteiger partial charge in [0, 0.05) is 33.8 Å². The Bertz CT molecular complexity index is 1120. The van der Waals surface area contributed by atoms with Crippen molar-refractivity contribution in [2.45, 2.75) is 51.7 Å². The molecule has 2 atom stereocenters. The van der Waals surface area contributed by atoms with Gasteiger partial charge in [0.05, 0.1) is 17.8 Å². The van der Waals surface area contributed by atoms with Gasteiger partial charge in [0.1, 0.15) is 0 Å². The van der Waals surface area contributed by atoms with Gasteiger partial charge >= 0.3 is 0 Å². The van der Waals surface area contributed by atoms with Gasteiger partial charge in [0.15, 0.2) is 5.11 Å². The van der Waals surface area contributed by atoms with Crippen molar-refractivity contribution in [3.63, 3.8) is 0 Å². The third kappa shape index (κ3) is 3.26. The lowest BCUT2D eigenvalue weighted by Crippen LogP contribution is -2.29. The van der Waals surface area contributed by atoms with Crippen LogP contribution < -0.4 is 10.2 Å². The Morgan fingerprint density at radius 2 is 1.90 bits per heavy atom. The molecule has 3 aromatic rings. The molecule has 1 saturated carbocycles. The first-order chi connectivity index (χ1) is 14.5. The highest BCUT2D eigenvalue weighted by Crippen LogP contribution is 2.46. The highest BCUT2D eigenvalue weighted by atomic mass is 79.9. The fourth-order valence-electron chi connectivity index (χ4n) is 4.72. The molecule has 154 valence electrons. The number of aromatic nitrogens is 2. The summed E-state index contributed by atoms with van der Waals surface area (Å²) in [4.78, 5) is 6.94. The summed E-state index contributed by atoms with van der Waals surface area (Å²) in [6.45, 7) is 6.59. The minimum Gasteiger partial charge on any atom is -0.351 e. The zero-order chi connectivity index (χ0) is 21.0. The van der Waals surface area contributed by atoms with Crippen molar-refractivity contribution in [2.24, 2.45) is 0 Å². The van der Waals surface area contributed by atoms with E-state index >= 15 is 0 Å². The minimum absolute atomic E-state index is 0.00388. The molecule has 5 rings (SSSR count). The number of halogens is 1. The first-order valence-electron chi connectivity index (χ1n) is 10.4. The number of anilines is 1. The molecule has 1 aliphatic heterocycles. The topological polar surface area (TPSA) is 33.1 Å². The Labute approximate surface area is 191 Å². The van der Waals surface area contributed by atoms with Gasteiger partial charge in [-0.1, -0.05) is 22.0 Å². The van der Waals surface area contributed by atoms with E-state index in [1.165, 1.54) is 35.4 Å². The van der Waals surface area contributed by atoms with Crippen molar-refractivity contribution in [1.82, 2.24) is 14.9 Å². The van der Waals surface area contributed by atoms with Gasteiger partial charge in [0.25, 0.3) is 0 Å². The number of hydrogen-bond acceptors (Lipinski definition) is 2. The Balaban J connectivity index is 1.67. The zero-order valence-corrected chi connectivity index (χ0v) is 19.8. The van der Waals surface area contributed by atoms with Crippen molar-refractivity contribution in [2.75, 3.05) is 4.90 Å². The lowest BCUT2D eigenvalue weighted by molar-refractivity contribution is 0.562. The number of hydrogen-bond donors (Lipinski definition) is 1. The van der Waals surface area contributed by atoms with Crippen LogP contribution in [0.25, 0.3) is 0 Å². The largest absolute Gasteiger partial charge is 0.351 e. The second kappa shape index (κ2) is 7.50. The first-order valence-corrected chi connectivity index (χ1v) is 11.6. The number of rotatable bonds is 4. The maximum atomic E-state index is 5.87. The van der Waals surface area contributed by atoms with Crippen molar-refractivity contribution in [1.29, 1.82) is 0 Å². The van der Waals surface area contributed by atoms with Gasteiger partial charge < -0.3 is 14.8 Å². The summed E-state index contributed by atoms with van der Waals surface area (Å²) in [5.74, 6) is 0. The molecule has 1 saturated heterocycles. The lowest BCUT2D eigenvalue weighted by atomic mass is 9.96. The summed E-state index contributed by atoms with van der Waals surface area (Å²) in [7, 11) is 0. The molecule has 2 fully saturated rings. The molecule has 0 bridgehead atoms. The molecule has 3 heterocycles. The molecule has 0 radical (unpaired) electrons. The summed E-state index contributed by atoms with van der Waals surface area (Å²) >= 11 is 9.50. The Morgan fingerprint density at radius 3 is 2.57 bits per heavy atom. The monoisotopic (exact) mass is 480 g/mol. The predicted molar refractivity (Wildman–Crippen MR) is 129 cm³/mol. The van der Waals surface area contributed by atoms with Gasteiger partial charge in [-0.05, 0) is 93.4 Å². The fourth-order valence-corrected chi connectivity index (χ4v) is 5.32. The molecule has 2 aliphatic rings. The SMILES string of the molecule is Cc1cc(N2C(=S)N[C@@H](c3ccccn3)[C@@H]2c2cc(C)n(C3CC3)c2C)ccc1Br. The van der Waals surface area contributed by atoms with Crippen LogP contribution in [0.5, 0.6) is 0 Å². The lowest BCUT2D eigenvalue weighted by Gasteiger charge is -2.28. The molecule has 2 aromatic heterocycles. The van der Waals surface area contributed by atoms with Crippen LogP contribution in [-0.2, 0) is 0 Å². The highest BCUT2D eigenvalue weighted by molar-refractivity contribution is 9.10. The van der Waals surface area contributed by atoms with E-state index in [9.17, 15) is 0 Å². The molecule has 6 heteroatoms. The Hall–Kier alpha value is -2.18. The van der Waals surface area contributed by atoms with Gasteiger partial charge in [0.2, 0.25) is 0 Å². The first kappa shape index (κ1) is 19.8. The Kier molecular flexibility index (Phi) is 4.94. The second-order valence-electron chi connectivity index (χ2n) is 8.36. The standard InChI is InChI=1S/C24H25BrN4S/c1-14-12-18(9-10-20(14)25)29-23(19-13-15(2)28(16(19)3)17-7-8-17)22(27-24(29)30)21-6-4-5-11-26-21/h4-6,9-13,17,22-23H,7-8H2,1-3H3,(H,27,30)/t22-,23-/m0/s1. The molecule has 30 heavy (non-hydrogen) atoms. The van der Waals surface area contributed by atoms with E-state index in [1.54, 1.807) is 0 Å². The van der Waals surface area contributed by atoms with Gasteiger partial charge in [-0.3, -0.25) is 4.98 Å². The van der Waals surface area contributed by atoms with Crippen molar-refractivity contribution in [3.8, 4) is 0 Å². The van der Waals surface area contributed by atoms with E-state index in [0.717, 1.165) is 21.0 Å². The number of benzene rings is 1. The molecule has 0 unspecified atom stereocenters. The highest BCUT2D eigenvalue weighted by Gasteiger charge is 2.43. The normalized spacial score (nSPS) is 21.2. The number of nitrogens with one attached hydrogen (secondary N) is 1. The van der Waals surface area contributed by atoms with E-state index in [0.29, 0.717) is 6.04 Å². The molecular weight excluding hydrogens is 456 g/mol. The van der Waals surface area contributed by atoms with E-state index < -0.39 is 0 Å². The molecule has 1 aromatic carbocycles. The molecule has 1 N–H and O–H groups in total. The fraction of sp³-hybridized carbons (Fsp3) is 0.333. The van der Waals surface area contributed by atoms with Crippen molar-refractivity contribution in [3.05, 3.63) is 81.3 Å². The van der Waals surface area contributed by atoms with Crippen LogP contribution in [0, 0.1) is 20.8 Å². The van der Waals surface area contributed by atoms with Crippen LogP contribution in [0.2, 0.25) is 0 Å². The average molecular weight is 481 g/mol. The van der Waals surface area contributed by atoms with E-state index in [4.69, 9.17) is 12.2 Å².